The summed E-state index contributed by atoms with van der Waals surface area (Å²) >= 11 is 2.69. The van der Waals surface area contributed by atoms with Gasteiger partial charge < -0.3 is 9.64 Å². The first-order valence-electron chi connectivity index (χ1n) is 9.36. The number of anilines is 2. The molecule has 0 saturated carbocycles. The van der Waals surface area contributed by atoms with Crippen molar-refractivity contribution in [2.45, 2.75) is 25.1 Å². The van der Waals surface area contributed by atoms with Crippen molar-refractivity contribution in [3.05, 3.63) is 70.8 Å². The number of carbonyl (C=O) groups excluding carboxylic acids is 2. The number of nitrogens with zero attached hydrogens (tertiary/aromatic N) is 3. The molecule has 0 aliphatic carbocycles. The Balaban J connectivity index is 1.91. The summed E-state index contributed by atoms with van der Waals surface area (Å²) in [7, 11) is 1.37. The van der Waals surface area contributed by atoms with Crippen LogP contribution in [0.2, 0.25) is 0 Å². The number of hydrogen-bond acceptors (Lipinski definition) is 8. The van der Waals surface area contributed by atoms with E-state index in [-0.39, 0.29) is 5.78 Å². The maximum Gasteiger partial charge on any atom is 0.346 e. The van der Waals surface area contributed by atoms with Crippen LogP contribution in [0, 0.1) is 6.92 Å². The molecule has 0 amide bonds. The molecule has 0 saturated heterocycles. The van der Waals surface area contributed by atoms with Gasteiger partial charge in [0.15, 0.2) is 10.8 Å². The lowest BCUT2D eigenvalue weighted by Crippen LogP contribution is -2.49. The molecule has 1 spiro atoms. The highest BCUT2D eigenvalue weighted by atomic mass is 32.2. The number of para-hydroxylation sites is 1. The fourth-order valence-electron chi connectivity index (χ4n) is 3.38. The van der Waals surface area contributed by atoms with Crippen LogP contribution < -0.4 is 9.91 Å². The summed E-state index contributed by atoms with van der Waals surface area (Å²) in [6, 6.07) is 17.7. The highest BCUT2D eigenvalue weighted by Crippen LogP contribution is 2.60. The van der Waals surface area contributed by atoms with Gasteiger partial charge in [-0.2, -0.15) is 5.10 Å². The van der Waals surface area contributed by atoms with Gasteiger partial charge in [-0.1, -0.05) is 47.7 Å². The number of methoxy groups -OCH3 is 1. The SMILES string of the molecule is COC(=O)C1=C(C)N(c2ccccc2)[C@]2(SC(C(C)=O)=NN2c2ccc(C)cc2)S1. The molecule has 0 radical (unpaired) electrons. The van der Waals surface area contributed by atoms with Crippen molar-refractivity contribution in [1.82, 2.24) is 0 Å². The van der Waals surface area contributed by atoms with Gasteiger partial charge in [0.05, 0.1) is 12.8 Å². The molecule has 1 atom stereocenters. The van der Waals surface area contributed by atoms with Crippen LogP contribution in [0.1, 0.15) is 19.4 Å². The molecule has 2 aromatic carbocycles. The Morgan fingerprint density at radius 1 is 0.967 bits per heavy atom. The molecular weight excluding hydrogens is 418 g/mol. The molecule has 2 aliphatic rings. The second-order valence-electron chi connectivity index (χ2n) is 6.94. The largest absolute Gasteiger partial charge is 0.465 e. The number of allylic oxidation sites excluding steroid dienone is 1. The van der Waals surface area contributed by atoms with E-state index in [4.69, 9.17) is 4.74 Å². The van der Waals surface area contributed by atoms with Crippen LogP contribution in [-0.4, -0.2) is 28.2 Å². The number of rotatable bonds is 4. The molecule has 154 valence electrons. The van der Waals surface area contributed by atoms with Gasteiger partial charge in [0.2, 0.25) is 4.33 Å². The lowest BCUT2D eigenvalue weighted by Gasteiger charge is -2.41. The minimum absolute atomic E-state index is 0.119. The molecule has 8 heteroatoms. The minimum atomic E-state index is -0.898. The number of Topliss-reactive ketones (excluding diaryl/α,β-unsaturated/α-hetero) is 1. The highest BCUT2D eigenvalue weighted by Gasteiger charge is 2.57. The standard InChI is InChI=1S/C22H21N3O3S2/c1-14-10-12-18(13-11-14)25-22(30-20(23-25)16(3)26)24(17-8-6-5-7-9-17)15(2)19(29-22)21(27)28-4/h5-13H,1-4H3/t22-/m1/s1. The first kappa shape index (κ1) is 20.6. The third-order valence-electron chi connectivity index (χ3n) is 4.83. The molecule has 4 rings (SSSR count). The van der Waals surface area contributed by atoms with Gasteiger partial charge in [-0.3, -0.25) is 4.79 Å². The predicted molar refractivity (Wildman–Crippen MR) is 123 cm³/mol. The van der Waals surface area contributed by atoms with E-state index in [1.165, 1.54) is 37.6 Å². The van der Waals surface area contributed by atoms with E-state index >= 15 is 0 Å². The number of ether oxygens (including phenoxy) is 1. The zero-order valence-electron chi connectivity index (χ0n) is 17.1. The molecule has 0 N–H and O–H groups in total. The van der Waals surface area contributed by atoms with Gasteiger partial charge in [0.1, 0.15) is 4.91 Å². The summed E-state index contributed by atoms with van der Waals surface area (Å²) in [4.78, 5) is 27.4. The molecule has 0 aromatic heterocycles. The number of thioether (sulfide) groups is 2. The Morgan fingerprint density at radius 2 is 1.63 bits per heavy atom. The van der Waals surface area contributed by atoms with Crippen LogP contribution >= 0.6 is 23.5 Å². The first-order chi connectivity index (χ1) is 14.4. The Bertz CT molecular complexity index is 1070. The summed E-state index contributed by atoms with van der Waals surface area (Å²) in [5.74, 6) is -0.525. The summed E-state index contributed by atoms with van der Waals surface area (Å²) in [5, 5.41) is 6.89. The van der Waals surface area contributed by atoms with Crippen molar-refractivity contribution in [2.75, 3.05) is 17.0 Å². The van der Waals surface area contributed by atoms with Crippen LogP contribution in [-0.2, 0) is 14.3 Å². The summed E-state index contributed by atoms with van der Waals surface area (Å²) < 4.78 is 4.15. The number of ketones is 1. The van der Waals surface area contributed by atoms with Crippen LogP contribution in [0.4, 0.5) is 11.4 Å². The quantitative estimate of drug-likeness (QED) is 0.639. The summed E-state index contributed by atoms with van der Waals surface area (Å²) in [5.41, 5.74) is 3.60. The molecule has 2 heterocycles. The van der Waals surface area contributed by atoms with Crippen molar-refractivity contribution in [1.29, 1.82) is 0 Å². The van der Waals surface area contributed by atoms with Crippen molar-refractivity contribution < 1.29 is 14.3 Å². The molecule has 0 bridgehead atoms. The number of benzene rings is 2. The zero-order chi connectivity index (χ0) is 21.5. The van der Waals surface area contributed by atoms with Crippen LogP contribution in [0.5, 0.6) is 0 Å². The third kappa shape index (κ3) is 3.30. The molecular formula is C22H21N3O3S2. The second-order valence-corrected chi connectivity index (χ2v) is 9.54. The Morgan fingerprint density at radius 3 is 2.23 bits per heavy atom. The Labute approximate surface area is 184 Å². The molecule has 2 aliphatic heterocycles. The van der Waals surface area contributed by atoms with Gasteiger partial charge in [0.25, 0.3) is 0 Å². The van der Waals surface area contributed by atoms with Gasteiger partial charge in [-0.05, 0) is 49.9 Å². The maximum absolute atomic E-state index is 12.6. The second kappa shape index (κ2) is 7.85. The predicted octanol–water partition coefficient (Wildman–Crippen LogP) is 4.72. The Kier molecular flexibility index (Phi) is 5.38. The number of esters is 1. The van der Waals surface area contributed by atoms with E-state index in [9.17, 15) is 9.59 Å². The van der Waals surface area contributed by atoms with E-state index in [0.29, 0.717) is 9.95 Å². The average molecular weight is 440 g/mol. The lowest BCUT2D eigenvalue weighted by molar-refractivity contribution is -0.135. The van der Waals surface area contributed by atoms with Crippen LogP contribution in [0.25, 0.3) is 0 Å². The number of aryl methyl sites for hydroxylation is 1. The van der Waals surface area contributed by atoms with Gasteiger partial charge >= 0.3 is 5.97 Å². The van der Waals surface area contributed by atoms with Crippen LogP contribution in [0.3, 0.4) is 0 Å². The van der Waals surface area contributed by atoms with Gasteiger partial charge in [-0.15, -0.1) is 0 Å². The lowest BCUT2D eigenvalue weighted by atomic mass is 10.2. The third-order valence-corrected chi connectivity index (χ3v) is 7.81. The normalized spacial score (nSPS) is 20.7. The number of hydrogen-bond donors (Lipinski definition) is 0. The van der Waals surface area contributed by atoms with E-state index in [2.05, 4.69) is 5.10 Å². The van der Waals surface area contributed by atoms with E-state index < -0.39 is 10.3 Å². The van der Waals surface area contributed by atoms with Crippen molar-refractivity contribution in [2.24, 2.45) is 5.10 Å². The first-order valence-corrected chi connectivity index (χ1v) is 11.0. The van der Waals surface area contributed by atoms with Crippen molar-refractivity contribution in [3.63, 3.8) is 0 Å². The fourth-order valence-corrected chi connectivity index (χ4v) is 6.35. The van der Waals surface area contributed by atoms with Crippen molar-refractivity contribution in [3.8, 4) is 0 Å². The minimum Gasteiger partial charge on any atom is -0.465 e. The Hall–Kier alpha value is -2.71. The number of carbonyl (C=O) groups is 2. The smallest absolute Gasteiger partial charge is 0.346 e. The molecule has 0 fully saturated rings. The van der Waals surface area contributed by atoms with Crippen molar-refractivity contribution >= 4 is 51.7 Å². The van der Waals surface area contributed by atoms with E-state index in [1.54, 1.807) is 0 Å². The van der Waals surface area contributed by atoms with E-state index in [1.807, 2.05) is 78.4 Å². The monoisotopic (exact) mass is 439 g/mol. The molecule has 2 aromatic rings. The molecule has 0 unspecified atom stereocenters. The molecule has 6 nitrogen and oxygen atoms in total. The highest BCUT2D eigenvalue weighted by molar-refractivity contribution is 8.29. The maximum atomic E-state index is 12.6. The topological polar surface area (TPSA) is 62.2 Å². The van der Waals surface area contributed by atoms with Crippen LogP contribution in [0.15, 0.2) is 70.3 Å². The fraction of sp³-hybridized carbons (Fsp3) is 0.227. The zero-order valence-corrected chi connectivity index (χ0v) is 18.7. The molecule has 30 heavy (non-hydrogen) atoms. The summed E-state index contributed by atoms with van der Waals surface area (Å²) in [6.45, 7) is 5.41. The summed E-state index contributed by atoms with van der Waals surface area (Å²) in [6.07, 6.45) is 0. The average Bonchev–Trinajstić information content (AvgIpc) is 3.27. The van der Waals surface area contributed by atoms with Gasteiger partial charge in [-0.25, -0.2) is 9.80 Å². The number of hydrazone groups is 1. The van der Waals surface area contributed by atoms with E-state index in [0.717, 1.165) is 22.6 Å². The van der Waals surface area contributed by atoms with Gasteiger partial charge in [0, 0.05) is 18.3 Å².